The summed E-state index contributed by atoms with van der Waals surface area (Å²) in [7, 11) is 0. The smallest absolute Gasteiger partial charge is 0.303 e. The lowest BCUT2D eigenvalue weighted by atomic mass is 9.42. The van der Waals surface area contributed by atoms with Gasteiger partial charge in [-0.3, -0.25) is 9.59 Å². The highest BCUT2D eigenvalue weighted by Crippen LogP contribution is 2.69. The monoisotopic (exact) mass is 390 g/mol. The molecule has 158 valence electrons. The van der Waals surface area contributed by atoms with E-state index in [1.807, 2.05) is 0 Å². The highest BCUT2D eigenvalue weighted by atomic mass is 16.6. The molecule has 4 aliphatic carbocycles. The molecular formula is C24H38O4. The second kappa shape index (κ2) is 6.55. The fourth-order valence-electron chi connectivity index (χ4n) is 8.78. The van der Waals surface area contributed by atoms with Crippen molar-refractivity contribution < 1.29 is 19.4 Å². The zero-order chi connectivity index (χ0) is 20.5. The summed E-state index contributed by atoms with van der Waals surface area (Å²) in [5, 5.41) is 10.3. The van der Waals surface area contributed by atoms with Crippen LogP contribution in [0.4, 0.5) is 0 Å². The van der Waals surface area contributed by atoms with Crippen LogP contribution in [0.5, 0.6) is 0 Å². The minimum absolute atomic E-state index is 0.0277. The highest BCUT2D eigenvalue weighted by Gasteiger charge is 2.68. The predicted octanol–water partition coefficient (Wildman–Crippen LogP) is 4.53. The molecule has 4 nitrogen and oxygen atoms in total. The van der Waals surface area contributed by atoms with E-state index in [4.69, 9.17) is 4.74 Å². The molecule has 0 unspecified atom stereocenters. The van der Waals surface area contributed by atoms with Crippen LogP contribution in [0, 0.1) is 40.4 Å². The number of ether oxygens (including phenoxy) is 1. The Bertz CT molecular complexity index is 674. The molecule has 0 saturated heterocycles. The van der Waals surface area contributed by atoms with Gasteiger partial charge in [0.2, 0.25) is 0 Å². The van der Waals surface area contributed by atoms with Crippen molar-refractivity contribution in [1.29, 1.82) is 0 Å². The van der Waals surface area contributed by atoms with Gasteiger partial charge in [-0.15, -0.1) is 0 Å². The zero-order valence-electron chi connectivity index (χ0n) is 18.3. The Kier molecular flexibility index (Phi) is 4.77. The first-order valence-corrected chi connectivity index (χ1v) is 11.4. The second-order valence-corrected chi connectivity index (χ2v) is 11.1. The van der Waals surface area contributed by atoms with Gasteiger partial charge in [0, 0.05) is 12.3 Å². The van der Waals surface area contributed by atoms with Gasteiger partial charge < -0.3 is 9.84 Å². The van der Waals surface area contributed by atoms with Gasteiger partial charge in [0.15, 0.2) is 11.4 Å². The Balaban J connectivity index is 1.69. The minimum atomic E-state index is -0.932. The first kappa shape index (κ1) is 20.4. The summed E-state index contributed by atoms with van der Waals surface area (Å²) < 4.78 is 5.86. The molecule has 4 fully saturated rings. The van der Waals surface area contributed by atoms with Gasteiger partial charge in [-0.05, 0) is 93.3 Å². The molecule has 0 radical (unpaired) electrons. The third-order valence-corrected chi connectivity index (χ3v) is 10.0. The van der Waals surface area contributed by atoms with E-state index in [0.29, 0.717) is 41.4 Å². The number of Topliss-reactive ketones (excluding diaryl/α,β-unsaturated/α-hetero) is 1. The van der Waals surface area contributed by atoms with E-state index in [-0.39, 0.29) is 23.3 Å². The third-order valence-electron chi connectivity index (χ3n) is 10.0. The number of carbonyl (C=O) groups is 2. The van der Waals surface area contributed by atoms with Crippen LogP contribution in [0.2, 0.25) is 0 Å². The number of hydrogen-bond donors (Lipinski definition) is 1. The lowest BCUT2D eigenvalue weighted by Gasteiger charge is -2.63. The molecule has 4 heteroatoms. The predicted molar refractivity (Wildman–Crippen MR) is 107 cm³/mol. The standard InChI is InChI=1S/C24H38O4/c1-14-12-18-19(22(4)9-6-17(27)13-21(14)22)7-10-23(5)20(18)8-11-24(23,15(2)25)28-16(3)26/h14,17-21,27H,6-13H2,1-5H3/t14-,17+,18+,19-,20-,21-,22+,23-,24-/m0/s1. The molecule has 4 aliphatic rings. The van der Waals surface area contributed by atoms with Gasteiger partial charge >= 0.3 is 5.97 Å². The minimum Gasteiger partial charge on any atom is -0.451 e. The number of rotatable bonds is 2. The fourth-order valence-corrected chi connectivity index (χ4v) is 8.78. The molecule has 0 spiro atoms. The number of fused-ring (bicyclic) bond motifs is 5. The molecule has 0 heterocycles. The molecule has 9 atom stereocenters. The molecule has 0 aromatic carbocycles. The van der Waals surface area contributed by atoms with Gasteiger partial charge in [0.25, 0.3) is 0 Å². The van der Waals surface area contributed by atoms with Crippen molar-refractivity contribution in [3.63, 3.8) is 0 Å². The van der Waals surface area contributed by atoms with E-state index >= 15 is 0 Å². The summed E-state index contributed by atoms with van der Waals surface area (Å²) in [6.07, 6.45) is 7.80. The molecule has 0 amide bonds. The zero-order valence-corrected chi connectivity index (χ0v) is 18.3. The summed E-state index contributed by atoms with van der Waals surface area (Å²) >= 11 is 0. The van der Waals surface area contributed by atoms with E-state index in [1.165, 1.54) is 13.3 Å². The Hall–Kier alpha value is -0.900. The number of aliphatic hydroxyl groups is 1. The highest BCUT2D eigenvalue weighted by molar-refractivity contribution is 5.89. The van der Waals surface area contributed by atoms with Crippen LogP contribution in [0.25, 0.3) is 0 Å². The van der Waals surface area contributed by atoms with Crippen molar-refractivity contribution in [2.24, 2.45) is 40.4 Å². The number of carbonyl (C=O) groups excluding carboxylic acids is 2. The largest absolute Gasteiger partial charge is 0.451 e. The third kappa shape index (κ3) is 2.58. The molecule has 4 rings (SSSR count). The Morgan fingerprint density at radius 2 is 1.61 bits per heavy atom. The van der Waals surface area contributed by atoms with E-state index < -0.39 is 5.60 Å². The number of esters is 1. The van der Waals surface area contributed by atoms with E-state index in [2.05, 4.69) is 20.8 Å². The summed E-state index contributed by atoms with van der Waals surface area (Å²) in [5.74, 6) is 2.62. The average molecular weight is 391 g/mol. The van der Waals surface area contributed by atoms with Gasteiger partial charge in [0.1, 0.15) is 0 Å². The van der Waals surface area contributed by atoms with Crippen LogP contribution in [0.3, 0.4) is 0 Å². The first-order valence-electron chi connectivity index (χ1n) is 11.4. The second-order valence-electron chi connectivity index (χ2n) is 11.1. The van der Waals surface area contributed by atoms with Crippen LogP contribution >= 0.6 is 0 Å². The van der Waals surface area contributed by atoms with Crippen molar-refractivity contribution >= 4 is 11.8 Å². The Labute approximate surface area is 169 Å². The summed E-state index contributed by atoms with van der Waals surface area (Å²) in [4.78, 5) is 24.7. The first-order chi connectivity index (χ1) is 13.0. The molecule has 0 bridgehead atoms. The van der Waals surface area contributed by atoms with Crippen molar-refractivity contribution in [1.82, 2.24) is 0 Å². The van der Waals surface area contributed by atoms with Crippen molar-refractivity contribution in [2.75, 3.05) is 0 Å². The number of ketones is 1. The Morgan fingerprint density at radius 1 is 0.929 bits per heavy atom. The lowest BCUT2D eigenvalue weighted by Crippen LogP contribution is -2.60. The van der Waals surface area contributed by atoms with E-state index in [0.717, 1.165) is 38.5 Å². The maximum atomic E-state index is 12.8. The summed E-state index contributed by atoms with van der Waals surface area (Å²) in [6, 6.07) is 0. The lowest BCUT2D eigenvalue weighted by molar-refractivity contribution is -0.195. The quantitative estimate of drug-likeness (QED) is 0.704. The van der Waals surface area contributed by atoms with E-state index in [1.54, 1.807) is 6.92 Å². The van der Waals surface area contributed by atoms with Crippen molar-refractivity contribution in [2.45, 2.75) is 97.7 Å². The van der Waals surface area contributed by atoms with Crippen molar-refractivity contribution in [3.8, 4) is 0 Å². The SMILES string of the molecule is CC(=O)O[C@]1(C(C)=O)CC[C@H]2[C@@H]3C[C@H](C)[C@@H]4C[C@H](O)CC[C@]4(C)[C@H]3CC[C@@]21C. The van der Waals surface area contributed by atoms with Crippen LogP contribution in [-0.2, 0) is 14.3 Å². The number of hydrogen-bond acceptors (Lipinski definition) is 4. The van der Waals surface area contributed by atoms with E-state index in [9.17, 15) is 14.7 Å². The van der Waals surface area contributed by atoms with Crippen LogP contribution < -0.4 is 0 Å². The Morgan fingerprint density at radius 3 is 2.25 bits per heavy atom. The average Bonchev–Trinajstić information content (AvgIpc) is 2.90. The van der Waals surface area contributed by atoms with Crippen LogP contribution in [0.1, 0.15) is 86.0 Å². The molecule has 4 saturated carbocycles. The molecule has 0 aromatic heterocycles. The van der Waals surface area contributed by atoms with Gasteiger partial charge in [-0.25, -0.2) is 0 Å². The molecule has 28 heavy (non-hydrogen) atoms. The van der Waals surface area contributed by atoms with Crippen LogP contribution in [0.15, 0.2) is 0 Å². The van der Waals surface area contributed by atoms with Crippen molar-refractivity contribution in [3.05, 3.63) is 0 Å². The van der Waals surface area contributed by atoms with Crippen LogP contribution in [-0.4, -0.2) is 28.6 Å². The maximum Gasteiger partial charge on any atom is 0.303 e. The fraction of sp³-hybridized carbons (Fsp3) is 0.917. The summed E-state index contributed by atoms with van der Waals surface area (Å²) in [5.41, 5.74) is -0.882. The molecule has 1 N–H and O–H groups in total. The molecule has 0 aromatic rings. The topological polar surface area (TPSA) is 63.6 Å². The maximum absolute atomic E-state index is 12.8. The van der Waals surface area contributed by atoms with Gasteiger partial charge in [-0.2, -0.15) is 0 Å². The van der Waals surface area contributed by atoms with Gasteiger partial charge in [0.05, 0.1) is 6.10 Å². The number of aliphatic hydroxyl groups excluding tert-OH is 1. The molecular weight excluding hydrogens is 352 g/mol. The van der Waals surface area contributed by atoms with Gasteiger partial charge in [-0.1, -0.05) is 20.8 Å². The summed E-state index contributed by atoms with van der Waals surface area (Å²) in [6.45, 7) is 10.1. The normalized spacial score (nSPS) is 52.9. The molecule has 0 aliphatic heterocycles.